The summed E-state index contributed by atoms with van der Waals surface area (Å²) in [6, 6.07) is 7.35. The van der Waals surface area contributed by atoms with Crippen LogP contribution >= 0.6 is 0 Å². The fourth-order valence-corrected chi connectivity index (χ4v) is 2.92. The lowest BCUT2D eigenvalue weighted by Gasteiger charge is -2.30. The third-order valence-corrected chi connectivity index (χ3v) is 3.82. The molecule has 3 heterocycles. The van der Waals surface area contributed by atoms with E-state index < -0.39 is 6.17 Å². The second-order valence-corrected chi connectivity index (χ2v) is 4.83. The van der Waals surface area contributed by atoms with Crippen LogP contribution in [0, 0.1) is 0 Å². The van der Waals surface area contributed by atoms with E-state index in [1.807, 2.05) is 25.1 Å². The normalized spacial score (nSPS) is 19.4. The summed E-state index contributed by atoms with van der Waals surface area (Å²) < 4.78 is 1.61. The number of rotatable bonds is 1. The second-order valence-electron chi connectivity index (χ2n) is 4.83. The lowest BCUT2D eigenvalue weighted by Crippen LogP contribution is -2.45. The van der Waals surface area contributed by atoms with E-state index in [4.69, 9.17) is 0 Å². The molecule has 0 unspecified atom stereocenters. The number of aromatic nitrogens is 2. The van der Waals surface area contributed by atoms with Crippen molar-refractivity contribution in [2.24, 2.45) is 0 Å². The summed E-state index contributed by atoms with van der Waals surface area (Å²) in [6.45, 7) is 2.50. The average molecular weight is 268 g/mol. The molecule has 0 aliphatic carbocycles. The van der Waals surface area contributed by atoms with Gasteiger partial charge >= 0.3 is 0 Å². The van der Waals surface area contributed by atoms with Crippen LogP contribution < -0.4 is 10.2 Å². The van der Waals surface area contributed by atoms with E-state index >= 15 is 0 Å². The Bertz CT molecular complexity index is 749. The number of hydrogen-bond acceptors (Lipinski definition) is 3. The molecular weight excluding hydrogens is 256 g/mol. The molecule has 6 nitrogen and oxygen atoms in total. The van der Waals surface area contributed by atoms with Gasteiger partial charge in [-0.15, -0.1) is 0 Å². The molecule has 0 saturated carbocycles. The molecule has 1 N–H and O–H groups in total. The van der Waals surface area contributed by atoms with Gasteiger partial charge in [0.15, 0.2) is 0 Å². The number of amides is 2. The molecule has 0 fully saturated rings. The number of carbonyl (C=O) groups is 2. The van der Waals surface area contributed by atoms with E-state index in [1.54, 1.807) is 21.8 Å². The fourth-order valence-electron chi connectivity index (χ4n) is 2.92. The molecule has 2 amide bonds. The van der Waals surface area contributed by atoms with Crippen molar-refractivity contribution in [2.45, 2.75) is 19.6 Å². The Hall–Kier alpha value is -2.63. The minimum Gasteiger partial charge on any atom is -0.326 e. The van der Waals surface area contributed by atoms with Crippen molar-refractivity contribution < 1.29 is 9.59 Å². The van der Waals surface area contributed by atoms with Crippen LogP contribution in [0.5, 0.6) is 0 Å². The maximum absolute atomic E-state index is 12.5. The van der Waals surface area contributed by atoms with Crippen molar-refractivity contribution in [1.82, 2.24) is 15.1 Å². The van der Waals surface area contributed by atoms with Gasteiger partial charge in [-0.1, -0.05) is 18.2 Å². The summed E-state index contributed by atoms with van der Waals surface area (Å²) in [5, 5.41) is 7.07. The molecule has 2 aliphatic heterocycles. The van der Waals surface area contributed by atoms with Gasteiger partial charge in [0.2, 0.25) is 0 Å². The molecule has 6 heteroatoms. The minimum absolute atomic E-state index is 0.0949. The Kier molecular flexibility index (Phi) is 2.07. The van der Waals surface area contributed by atoms with Crippen LogP contribution in [0.3, 0.4) is 0 Å². The Morgan fingerprint density at radius 1 is 1.30 bits per heavy atom. The monoisotopic (exact) mass is 268 g/mol. The smallest absolute Gasteiger partial charge is 0.273 e. The zero-order valence-corrected chi connectivity index (χ0v) is 10.8. The number of fused-ring (bicyclic) bond motifs is 5. The van der Waals surface area contributed by atoms with Crippen LogP contribution in [-0.2, 0) is 6.54 Å². The maximum atomic E-state index is 12.5. The summed E-state index contributed by atoms with van der Waals surface area (Å²) in [6.07, 6.45) is 1.17. The Balaban J connectivity index is 1.94. The van der Waals surface area contributed by atoms with Gasteiger partial charge in [0.05, 0.1) is 11.9 Å². The molecule has 2 aliphatic rings. The van der Waals surface area contributed by atoms with Crippen molar-refractivity contribution in [3.8, 4) is 0 Å². The van der Waals surface area contributed by atoms with Crippen LogP contribution in [0.1, 0.15) is 39.5 Å². The highest BCUT2D eigenvalue weighted by Crippen LogP contribution is 2.40. The quantitative estimate of drug-likeness (QED) is 0.847. The Morgan fingerprint density at radius 2 is 2.10 bits per heavy atom. The van der Waals surface area contributed by atoms with Crippen molar-refractivity contribution in [3.63, 3.8) is 0 Å². The number of benzene rings is 1. The first kappa shape index (κ1) is 11.2. The van der Waals surface area contributed by atoms with Crippen molar-refractivity contribution in [3.05, 3.63) is 47.3 Å². The molecule has 0 radical (unpaired) electrons. The number of nitrogens with zero attached hydrogens (tertiary/aromatic N) is 3. The lowest BCUT2D eigenvalue weighted by molar-refractivity contribution is 0.0902. The van der Waals surface area contributed by atoms with E-state index in [9.17, 15) is 9.59 Å². The molecule has 4 rings (SSSR count). The van der Waals surface area contributed by atoms with E-state index in [-0.39, 0.29) is 11.8 Å². The number of aryl methyl sites for hydroxylation is 1. The molecule has 1 aromatic heterocycles. The lowest BCUT2D eigenvalue weighted by atomic mass is 10.1. The van der Waals surface area contributed by atoms with Gasteiger partial charge in [-0.2, -0.15) is 5.10 Å². The van der Waals surface area contributed by atoms with Gasteiger partial charge in [-0.25, -0.2) is 0 Å². The average Bonchev–Trinajstić information content (AvgIpc) is 3.01. The van der Waals surface area contributed by atoms with E-state index in [0.29, 0.717) is 23.5 Å². The van der Waals surface area contributed by atoms with Crippen molar-refractivity contribution in [2.75, 3.05) is 4.90 Å². The molecule has 0 spiro atoms. The van der Waals surface area contributed by atoms with Gasteiger partial charge in [0.25, 0.3) is 11.8 Å². The van der Waals surface area contributed by atoms with Crippen LogP contribution in [0.25, 0.3) is 0 Å². The number of nitrogens with one attached hydrogen (secondary N) is 1. The maximum Gasteiger partial charge on any atom is 0.273 e. The highest BCUT2D eigenvalue weighted by Gasteiger charge is 2.44. The van der Waals surface area contributed by atoms with E-state index in [1.165, 1.54) is 0 Å². The first-order valence-electron chi connectivity index (χ1n) is 6.51. The van der Waals surface area contributed by atoms with Crippen LogP contribution in [0.4, 0.5) is 5.69 Å². The van der Waals surface area contributed by atoms with Gasteiger partial charge in [-0.05, 0) is 13.0 Å². The summed E-state index contributed by atoms with van der Waals surface area (Å²) >= 11 is 0. The molecule has 0 bridgehead atoms. The molecule has 1 atom stereocenters. The predicted molar refractivity (Wildman–Crippen MR) is 71.4 cm³/mol. The van der Waals surface area contributed by atoms with E-state index in [0.717, 1.165) is 5.56 Å². The Labute approximate surface area is 115 Å². The van der Waals surface area contributed by atoms with Crippen LogP contribution in [0.2, 0.25) is 0 Å². The summed E-state index contributed by atoms with van der Waals surface area (Å²) in [7, 11) is 0. The molecule has 100 valence electrons. The summed E-state index contributed by atoms with van der Waals surface area (Å²) in [4.78, 5) is 26.4. The standard InChI is InChI=1S/C14H12N4O2/c1-2-17-11-10(7-15-17)18-12(16-13(11)19)8-5-3-4-6-9(8)14(18)20/h3-7,12H,2H2,1H3,(H,16,19)/t12-/m1/s1. The van der Waals surface area contributed by atoms with Crippen LogP contribution in [0.15, 0.2) is 30.5 Å². The third-order valence-electron chi connectivity index (χ3n) is 3.82. The minimum atomic E-state index is -0.423. The number of anilines is 1. The van der Waals surface area contributed by atoms with Crippen molar-refractivity contribution >= 4 is 17.5 Å². The molecular formula is C14H12N4O2. The second kappa shape index (κ2) is 3.69. The van der Waals surface area contributed by atoms with Gasteiger partial charge in [-0.3, -0.25) is 19.2 Å². The first-order chi connectivity index (χ1) is 9.72. The van der Waals surface area contributed by atoms with Gasteiger partial charge < -0.3 is 5.32 Å². The first-order valence-corrected chi connectivity index (χ1v) is 6.51. The fraction of sp³-hybridized carbons (Fsp3) is 0.214. The molecule has 0 saturated heterocycles. The third kappa shape index (κ3) is 1.20. The SMILES string of the molecule is CCn1ncc2c1C(=O)N[C@H]1c3ccccc3C(=O)N21. The zero-order chi connectivity index (χ0) is 13.9. The van der Waals surface area contributed by atoms with Crippen molar-refractivity contribution in [1.29, 1.82) is 0 Å². The predicted octanol–water partition coefficient (Wildman–Crippen LogP) is 1.31. The van der Waals surface area contributed by atoms with E-state index in [2.05, 4.69) is 10.4 Å². The van der Waals surface area contributed by atoms with Gasteiger partial charge in [0, 0.05) is 17.7 Å². The summed E-state index contributed by atoms with van der Waals surface area (Å²) in [5.41, 5.74) is 2.50. The summed E-state index contributed by atoms with van der Waals surface area (Å²) in [5.74, 6) is -0.285. The highest BCUT2D eigenvalue weighted by molar-refractivity contribution is 6.16. The number of hydrogen-bond donors (Lipinski definition) is 1. The topological polar surface area (TPSA) is 67.2 Å². The molecule has 20 heavy (non-hydrogen) atoms. The van der Waals surface area contributed by atoms with Gasteiger partial charge in [0.1, 0.15) is 11.9 Å². The van der Waals surface area contributed by atoms with Crippen LogP contribution in [-0.4, -0.2) is 21.6 Å². The highest BCUT2D eigenvalue weighted by atomic mass is 16.2. The molecule has 2 aromatic rings. The number of carbonyl (C=O) groups excluding carboxylic acids is 2. The molecule has 1 aromatic carbocycles. The zero-order valence-electron chi connectivity index (χ0n) is 10.8. The Morgan fingerprint density at radius 3 is 2.90 bits per heavy atom. The largest absolute Gasteiger partial charge is 0.326 e.